The monoisotopic (exact) mass is 627 g/mol. The lowest BCUT2D eigenvalue weighted by Crippen LogP contribution is -2.42. The maximum Gasteiger partial charge on any atom is 0.331 e. The Morgan fingerprint density at radius 3 is 2.54 bits per heavy atom. The Morgan fingerprint density at radius 2 is 1.76 bits per heavy atom. The molecule has 1 saturated carbocycles. The van der Waals surface area contributed by atoms with Gasteiger partial charge >= 0.3 is 5.69 Å². The van der Waals surface area contributed by atoms with Crippen molar-refractivity contribution < 1.29 is 14.0 Å². The van der Waals surface area contributed by atoms with E-state index in [2.05, 4.69) is 25.1 Å². The van der Waals surface area contributed by atoms with Crippen molar-refractivity contribution in [2.45, 2.75) is 71.4 Å². The number of aromatic amines is 1. The number of aromatic nitrogens is 7. The second-order valence-corrected chi connectivity index (χ2v) is 11.5. The standard InChI is InChI=1S/C33H37N7O6/c1-22-10-2-3-14-25(22)44-20-9-21-45-32-36-27-28(29(41)37-32)39(19-16-23-11-8-12-23)33(43)40(31(27)42)18-7-5-15-26-35-30(46-38-26)24-13-4-6-17-34-24/h2-4,6,10,13-14,17,23H,5,7-9,11-12,15-16,18-21H2,1H3,(H,36,37,41). The smallest absolute Gasteiger partial charge is 0.331 e. The number of hydrogen-bond donors (Lipinski definition) is 1. The summed E-state index contributed by atoms with van der Waals surface area (Å²) >= 11 is 0. The molecule has 0 spiro atoms. The number of fused-ring (bicyclic) bond motifs is 1. The largest absolute Gasteiger partial charge is 0.493 e. The number of aryl methyl sites for hydroxylation is 3. The molecule has 240 valence electrons. The highest BCUT2D eigenvalue weighted by Crippen LogP contribution is 2.29. The number of rotatable bonds is 15. The van der Waals surface area contributed by atoms with Crippen molar-refractivity contribution in [2.75, 3.05) is 13.2 Å². The van der Waals surface area contributed by atoms with Crippen LogP contribution in [0.15, 0.2) is 67.6 Å². The summed E-state index contributed by atoms with van der Waals surface area (Å²) in [5.74, 6) is 2.16. The van der Waals surface area contributed by atoms with E-state index in [1.807, 2.05) is 37.3 Å². The van der Waals surface area contributed by atoms with Gasteiger partial charge in [-0.05, 0) is 55.9 Å². The van der Waals surface area contributed by atoms with Crippen molar-refractivity contribution in [2.24, 2.45) is 5.92 Å². The number of hydrogen-bond acceptors (Lipinski definition) is 10. The first kappa shape index (κ1) is 30.9. The molecular formula is C33H37N7O6. The van der Waals surface area contributed by atoms with E-state index < -0.39 is 16.8 Å². The molecule has 0 amide bonds. The van der Waals surface area contributed by atoms with E-state index in [0.29, 0.717) is 62.2 Å². The van der Waals surface area contributed by atoms with Crippen LogP contribution in [0.1, 0.15) is 56.3 Å². The molecule has 0 radical (unpaired) electrons. The van der Waals surface area contributed by atoms with Gasteiger partial charge in [0.05, 0.1) is 13.2 Å². The summed E-state index contributed by atoms with van der Waals surface area (Å²) in [7, 11) is 0. The van der Waals surface area contributed by atoms with Crippen LogP contribution in [0.25, 0.3) is 22.6 Å². The van der Waals surface area contributed by atoms with Crippen LogP contribution >= 0.6 is 0 Å². The maximum absolute atomic E-state index is 13.6. The average molecular weight is 628 g/mol. The molecule has 1 aliphatic carbocycles. The molecule has 5 aromatic rings. The SMILES string of the molecule is Cc1ccccc1OCCCOc1nc2c(=O)n(CCCCc3noc(-c4ccccn4)n3)c(=O)n(CCC3CCC3)c2c(=O)[nH]1. The number of ether oxygens (including phenoxy) is 2. The molecule has 4 aromatic heterocycles. The average Bonchev–Trinajstić information content (AvgIpc) is 3.52. The Hall–Kier alpha value is -5.07. The van der Waals surface area contributed by atoms with Gasteiger partial charge < -0.3 is 14.0 Å². The predicted molar refractivity (Wildman–Crippen MR) is 170 cm³/mol. The lowest BCUT2D eigenvalue weighted by Gasteiger charge is -2.25. The molecule has 0 saturated heterocycles. The third kappa shape index (κ3) is 7.08. The van der Waals surface area contributed by atoms with Gasteiger partial charge in [-0.25, -0.2) is 4.79 Å². The maximum atomic E-state index is 13.6. The first-order chi connectivity index (χ1) is 22.5. The van der Waals surface area contributed by atoms with Crippen molar-refractivity contribution in [3.05, 3.63) is 91.2 Å². The molecule has 1 fully saturated rings. The van der Waals surface area contributed by atoms with E-state index in [0.717, 1.165) is 30.6 Å². The Balaban J connectivity index is 1.16. The molecule has 46 heavy (non-hydrogen) atoms. The molecule has 1 aliphatic rings. The Morgan fingerprint density at radius 1 is 0.935 bits per heavy atom. The van der Waals surface area contributed by atoms with Crippen LogP contribution in [0.3, 0.4) is 0 Å². The zero-order valence-corrected chi connectivity index (χ0v) is 25.8. The number of nitrogens with one attached hydrogen (secondary N) is 1. The number of benzene rings is 1. The molecule has 1 N–H and O–H groups in total. The van der Waals surface area contributed by atoms with Crippen molar-refractivity contribution in [3.63, 3.8) is 0 Å². The fourth-order valence-electron chi connectivity index (χ4n) is 5.50. The molecule has 0 bridgehead atoms. The second-order valence-electron chi connectivity index (χ2n) is 11.5. The molecule has 1 aromatic carbocycles. The van der Waals surface area contributed by atoms with Crippen LogP contribution in [0.5, 0.6) is 11.8 Å². The van der Waals surface area contributed by atoms with Gasteiger partial charge in [-0.15, -0.1) is 0 Å². The minimum absolute atomic E-state index is 0.0188. The van der Waals surface area contributed by atoms with Gasteiger partial charge in [-0.3, -0.25) is 28.7 Å². The molecular weight excluding hydrogens is 590 g/mol. The molecule has 0 unspecified atom stereocenters. The van der Waals surface area contributed by atoms with Gasteiger partial charge in [-0.2, -0.15) is 9.97 Å². The van der Waals surface area contributed by atoms with Gasteiger partial charge in [0.2, 0.25) is 0 Å². The summed E-state index contributed by atoms with van der Waals surface area (Å²) < 4.78 is 19.4. The van der Waals surface area contributed by atoms with Gasteiger partial charge in [0.25, 0.3) is 23.0 Å². The number of para-hydroxylation sites is 1. The van der Waals surface area contributed by atoms with Crippen LogP contribution in [0.4, 0.5) is 0 Å². The minimum atomic E-state index is -0.615. The molecule has 0 atom stereocenters. The molecule has 13 nitrogen and oxygen atoms in total. The fraction of sp³-hybridized carbons (Fsp3) is 0.424. The van der Waals surface area contributed by atoms with Gasteiger partial charge in [0, 0.05) is 32.1 Å². The second kappa shape index (κ2) is 14.4. The third-order valence-electron chi connectivity index (χ3n) is 8.30. The van der Waals surface area contributed by atoms with Crippen molar-refractivity contribution in [1.29, 1.82) is 0 Å². The van der Waals surface area contributed by atoms with Crippen molar-refractivity contribution in [3.8, 4) is 23.3 Å². The van der Waals surface area contributed by atoms with E-state index in [-0.39, 0.29) is 30.2 Å². The predicted octanol–water partition coefficient (Wildman–Crippen LogP) is 4.06. The van der Waals surface area contributed by atoms with Crippen LogP contribution in [0, 0.1) is 12.8 Å². The number of nitrogens with zero attached hydrogens (tertiary/aromatic N) is 6. The lowest BCUT2D eigenvalue weighted by atomic mass is 9.83. The van der Waals surface area contributed by atoms with E-state index in [1.165, 1.54) is 15.6 Å². The van der Waals surface area contributed by atoms with Gasteiger partial charge in [-0.1, -0.05) is 48.7 Å². The third-order valence-corrected chi connectivity index (χ3v) is 8.30. The quantitative estimate of drug-likeness (QED) is 0.168. The summed E-state index contributed by atoms with van der Waals surface area (Å²) in [6.45, 7) is 3.09. The van der Waals surface area contributed by atoms with Crippen molar-refractivity contribution in [1.82, 2.24) is 34.2 Å². The van der Waals surface area contributed by atoms with E-state index in [9.17, 15) is 14.4 Å². The summed E-state index contributed by atoms with van der Waals surface area (Å²) in [5.41, 5.74) is -0.178. The number of unbranched alkanes of at least 4 members (excludes halogenated alkanes) is 1. The van der Waals surface area contributed by atoms with E-state index in [1.54, 1.807) is 18.3 Å². The van der Waals surface area contributed by atoms with Crippen molar-refractivity contribution >= 4 is 11.0 Å². The molecule has 4 heterocycles. The molecule has 6 rings (SSSR count). The zero-order valence-electron chi connectivity index (χ0n) is 25.8. The first-order valence-electron chi connectivity index (χ1n) is 15.8. The highest BCUT2D eigenvalue weighted by Gasteiger charge is 2.22. The Bertz CT molecular complexity index is 1960. The summed E-state index contributed by atoms with van der Waals surface area (Å²) in [4.78, 5) is 56.1. The van der Waals surface area contributed by atoms with Gasteiger partial charge in [0.15, 0.2) is 11.3 Å². The summed E-state index contributed by atoms with van der Waals surface area (Å²) in [6.07, 6.45) is 7.92. The Kier molecular flexibility index (Phi) is 9.65. The topological polar surface area (TPSA) is 160 Å². The number of pyridine rings is 1. The highest BCUT2D eigenvalue weighted by atomic mass is 16.5. The summed E-state index contributed by atoms with van der Waals surface area (Å²) in [6, 6.07) is 13.1. The van der Waals surface area contributed by atoms with Gasteiger partial charge in [0.1, 0.15) is 17.0 Å². The molecule has 13 heteroatoms. The first-order valence-corrected chi connectivity index (χ1v) is 15.8. The lowest BCUT2D eigenvalue weighted by molar-refractivity contribution is 0.235. The zero-order chi connectivity index (χ0) is 31.9. The fourth-order valence-corrected chi connectivity index (χ4v) is 5.50. The highest BCUT2D eigenvalue weighted by molar-refractivity contribution is 5.72. The van der Waals surface area contributed by atoms with E-state index in [4.69, 9.17) is 14.0 Å². The van der Waals surface area contributed by atoms with Crippen LogP contribution in [-0.2, 0) is 19.5 Å². The van der Waals surface area contributed by atoms with Crippen LogP contribution in [0.2, 0.25) is 0 Å². The van der Waals surface area contributed by atoms with Crippen LogP contribution in [-0.4, -0.2) is 47.4 Å². The number of H-pyrrole nitrogens is 1. The Labute approximate surface area is 264 Å². The normalized spacial score (nSPS) is 13.2. The minimum Gasteiger partial charge on any atom is -0.493 e. The van der Waals surface area contributed by atoms with E-state index >= 15 is 0 Å². The summed E-state index contributed by atoms with van der Waals surface area (Å²) in [5, 5.41) is 4.03. The molecule has 0 aliphatic heterocycles. The van der Waals surface area contributed by atoms with Crippen LogP contribution < -0.4 is 26.3 Å².